The number of rotatable bonds is 5. The first-order valence-corrected chi connectivity index (χ1v) is 9.43. The van der Waals surface area contributed by atoms with Gasteiger partial charge in [0.15, 0.2) is 11.5 Å². The second-order valence-electron chi connectivity index (χ2n) is 7.96. The molecule has 1 heterocycles. The van der Waals surface area contributed by atoms with Gasteiger partial charge < -0.3 is 14.8 Å². The van der Waals surface area contributed by atoms with Crippen molar-refractivity contribution in [3.05, 3.63) is 52.6 Å². The van der Waals surface area contributed by atoms with Crippen LogP contribution in [0.3, 0.4) is 0 Å². The van der Waals surface area contributed by atoms with Crippen molar-refractivity contribution in [2.45, 2.75) is 46.1 Å². The number of amides is 1. The Labute approximate surface area is 166 Å². The van der Waals surface area contributed by atoms with Crippen molar-refractivity contribution in [1.29, 1.82) is 0 Å². The summed E-state index contributed by atoms with van der Waals surface area (Å²) in [6.07, 6.45) is 0.990. The molecule has 0 aromatic heterocycles. The molecule has 1 aliphatic heterocycles. The highest BCUT2D eigenvalue weighted by atomic mass is 16.5. The summed E-state index contributed by atoms with van der Waals surface area (Å²) in [5, 5.41) is 3.02. The van der Waals surface area contributed by atoms with Crippen LogP contribution < -0.4 is 14.8 Å². The second-order valence-corrected chi connectivity index (χ2v) is 7.96. The molecule has 5 heteroatoms. The van der Waals surface area contributed by atoms with Crippen molar-refractivity contribution in [3.63, 3.8) is 0 Å². The van der Waals surface area contributed by atoms with E-state index in [0.717, 1.165) is 34.5 Å². The Kier molecular flexibility index (Phi) is 5.45. The van der Waals surface area contributed by atoms with Gasteiger partial charge >= 0.3 is 0 Å². The lowest BCUT2D eigenvalue weighted by Crippen LogP contribution is -2.31. The van der Waals surface area contributed by atoms with Crippen molar-refractivity contribution < 1.29 is 14.3 Å². The van der Waals surface area contributed by atoms with E-state index >= 15 is 0 Å². The summed E-state index contributed by atoms with van der Waals surface area (Å²) in [5.41, 5.74) is 5.62. The van der Waals surface area contributed by atoms with Gasteiger partial charge in [0, 0.05) is 11.3 Å². The van der Waals surface area contributed by atoms with Crippen molar-refractivity contribution in [2.24, 2.45) is 4.99 Å². The predicted molar refractivity (Wildman–Crippen MR) is 113 cm³/mol. The molecule has 2 aromatic rings. The summed E-state index contributed by atoms with van der Waals surface area (Å²) in [6, 6.07) is 9.91. The number of benzene rings is 2. The van der Waals surface area contributed by atoms with Gasteiger partial charge in [-0.1, -0.05) is 17.7 Å². The molecule has 0 saturated heterocycles. The monoisotopic (exact) mass is 380 g/mol. The highest BCUT2D eigenvalue weighted by Crippen LogP contribution is 2.36. The number of nitrogens with one attached hydrogen (secondary N) is 1. The number of aliphatic imine (C=N–C) groups is 1. The third-order valence-corrected chi connectivity index (χ3v) is 4.96. The molecule has 0 aliphatic carbocycles. The number of carbonyl (C=O) groups is 1. The molecule has 0 spiro atoms. The lowest BCUT2D eigenvalue weighted by molar-refractivity contribution is -0.115. The van der Waals surface area contributed by atoms with Crippen LogP contribution in [0.2, 0.25) is 0 Å². The van der Waals surface area contributed by atoms with Crippen LogP contribution in [0.1, 0.15) is 42.5 Å². The molecule has 1 N–H and O–H groups in total. The Balaban J connectivity index is 1.90. The van der Waals surface area contributed by atoms with Crippen LogP contribution >= 0.6 is 0 Å². The third-order valence-electron chi connectivity index (χ3n) is 4.96. The van der Waals surface area contributed by atoms with E-state index in [2.05, 4.69) is 25.2 Å². The number of carbonyl (C=O) groups excluding carboxylic acids is 1. The summed E-state index contributed by atoms with van der Waals surface area (Å²) < 4.78 is 10.9. The SMILES string of the molecule is COc1cc2c(cc1OC)C(CC(=O)Nc1ccc(C)cc1C)=NC(C)(C)C2. The van der Waals surface area contributed by atoms with E-state index in [1.807, 2.05) is 38.1 Å². The molecule has 0 saturated carbocycles. The average molecular weight is 380 g/mol. The molecule has 5 nitrogen and oxygen atoms in total. The molecule has 1 amide bonds. The van der Waals surface area contributed by atoms with E-state index in [1.165, 1.54) is 5.56 Å². The first-order valence-electron chi connectivity index (χ1n) is 9.43. The fourth-order valence-corrected chi connectivity index (χ4v) is 3.70. The van der Waals surface area contributed by atoms with Crippen LogP contribution in [0, 0.1) is 13.8 Å². The van der Waals surface area contributed by atoms with Gasteiger partial charge in [-0.2, -0.15) is 0 Å². The smallest absolute Gasteiger partial charge is 0.230 e. The number of methoxy groups -OCH3 is 2. The summed E-state index contributed by atoms with van der Waals surface area (Å²) >= 11 is 0. The average Bonchev–Trinajstić information content (AvgIpc) is 2.62. The first kappa shape index (κ1) is 19.9. The Bertz CT molecular complexity index is 945. The summed E-state index contributed by atoms with van der Waals surface area (Å²) in [5.74, 6) is 1.26. The number of hydrogen-bond acceptors (Lipinski definition) is 4. The van der Waals surface area contributed by atoms with Gasteiger partial charge in [-0.25, -0.2) is 0 Å². The van der Waals surface area contributed by atoms with Gasteiger partial charge in [-0.3, -0.25) is 9.79 Å². The Morgan fingerprint density at radius 2 is 1.79 bits per heavy atom. The standard InChI is InChI=1S/C23H28N2O3/c1-14-7-8-18(15(2)9-14)24-22(26)12-19-17-11-21(28-6)20(27-5)10-16(17)13-23(3,4)25-19/h7-11H,12-13H2,1-6H3,(H,24,26). The van der Waals surface area contributed by atoms with E-state index in [9.17, 15) is 4.79 Å². The molecule has 0 atom stereocenters. The van der Waals surface area contributed by atoms with Gasteiger partial charge in [0.1, 0.15) is 0 Å². The number of anilines is 1. The highest BCUT2D eigenvalue weighted by Gasteiger charge is 2.29. The van der Waals surface area contributed by atoms with E-state index in [0.29, 0.717) is 11.5 Å². The van der Waals surface area contributed by atoms with Crippen molar-refractivity contribution >= 4 is 17.3 Å². The fraction of sp³-hybridized carbons (Fsp3) is 0.391. The number of ether oxygens (including phenoxy) is 2. The molecule has 3 rings (SSSR count). The zero-order valence-corrected chi connectivity index (χ0v) is 17.5. The van der Waals surface area contributed by atoms with Crippen LogP contribution in [0.4, 0.5) is 5.69 Å². The van der Waals surface area contributed by atoms with Gasteiger partial charge in [0.2, 0.25) is 5.91 Å². The van der Waals surface area contributed by atoms with Gasteiger partial charge in [0.05, 0.1) is 31.9 Å². The Hall–Kier alpha value is -2.82. The van der Waals surface area contributed by atoms with Crippen molar-refractivity contribution in [3.8, 4) is 11.5 Å². The van der Waals surface area contributed by atoms with Gasteiger partial charge in [0.25, 0.3) is 0 Å². The fourth-order valence-electron chi connectivity index (χ4n) is 3.70. The largest absolute Gasteiger partial charge is 0.493 e. The van der Waals surface area contributed by atoms with E-state index < -0.39 is 0 Å². The molecule has 0 unspecified atom stereocenters. The maximum absolute atomic E-state index is 12.8. The van der Waals surface area contributed by atoms with Crippen molar-refractivity contribution in [2.75, 3.05) is 19.5 Å². The zero-order valence-electron chi connectivity index (χ0n) is 17.5. The Morgan fingerprint density at radius 3 is 2.43 bits per heavy atom. The summed E-state index contributed by atoms with van der Waals surface area (Å²) in [4.78, 5) is 17.6. The quantitative estimate of drug-likeness (QED) is 0.832. The lowest BCUT2D eigenvalue weighted by atomic mass is 9.85. The second kappa shape index (κ2) is 7.66. The number of hydrogen-bond donors (Lipinski definition) is 1. The summed E-state index contributed by atoms with van der Waals surface area (Å²) in [7, 11) is 3.24. The maximum atomic E-state index is 12.8. The van der Waals surface area contributed by atoms with E-state index in [-0.39, 0.29) is 17.9 Å². The first-order chi connectivity index (χ1) is 13.2. The predicted octanol–water partition coefficient (Wildman–Crippen LogP) is 4.47. The molecular formula is C23H28N2O3. The molecular weight excluding hydrogens is 352 g/mol. The number of nitrogens with zero attached hydrogens (tertiary/aromatic N) is 1. The van der Waals surface area contributed by atoms with Crippen LogP contribution in [-0.4, -0.2) is 31.4 Å². The lowest BCUT2D eigenvalue weighted by Gasteiger charge is -2.29. The molecule has 1 aliphatic rings. The minimum Gasteiger partial charge on any atom is -0.493 e. The topological polar surface area (TPSA) is 59.9 Å². The molecule has 0 bridgehead atoms. The zero-order chi connectivity index (χ0) is 20.5. The van der Waals surface area contributed by atoms with Crippen LogP contribution in [0.5, 0.6) is 11.5 Å². The number of fused-ring (bicyclic) bond motifs is 1. The maximum Gasteiger partial charge on any atom is 0.230 e. The minimum atomic E-state index is -0.276. The van der Waals surface area contributed by atoms with Gasteiger partial charge in [-0.05, 0) is 63.4 Å². The number of aryl methyl sites for hydroxylation is 2. The molecule has 148 valence electrons. The highest BCUT2D eigenvalue weighted by molar-refractivity contribution is 6.15. The van der Waals surface area contributed by atoms with E-state index in [4.69, 9.17) is 14.5 Å². The molecule has 2 aromatic carbocycles. The van der Waals surface area contributed by atoms with Crippen LogP contribution in [0.25, 0.3) is 0 Å². The molecule has 0 fully saturated rings. The third kappa shape index (κ3) is 4.19. The van der Waals surface area contributed by atoms with Gasteiger partial charge in [-0.15, -0.1) is 0 Å². The normalized spacial score (nSPS) is 14.7. The van der Waals surface area contributed by atoms with Crippen LogP contribution in [0.15, 0.2) is 35.3 Å². The summed E-state index contributed by atoms with van der Waals surface area (Å²) in [6.45, 7) is 8.19. The van der Waals surface area contributed by atoms with Crippen LogP contribution in [-0.2, 0) is 11.2 Å². The van der Waals surface area contributed by atoms with Crippen molar-refractivity contribution in [1.82, 2.24) is 0 Å². The Morgan fingerprint density at radius 1 is 1.11 bits per heavy atom. The molecule has 28 heavy (non-hydrogen) atoms. The minimum absolute atomic E-state index is 0.0795. The molecule has 0 radical (unpaired) electrons. The van der Waals surface area contributed by atoms with E-state index in [1.54, 1.807) is 14.2 Å².